The molecular weight excluding hydrogens is 378 g/mol. The summed E-state index contributed by atoms with van der Waals surface area (Å²) in [5.41, 5.74) is 1.94. The van der Waals surface area contributed by atoms with Crippen LogP contribution in [0.3, 0.4) is 0 Å². The van der Waals surface area contributed by atoms with Gasteiger partial charge < -0.3 is 15.0 Å². The molecule has 30 heavy (non-hydrogen) atoms. The Bertz CT molecular complexity index is 879. The van der Waals surface area contributed by atoms with E-state index in [1.54, 1.807) is 0 Å². The van der Waals surface area contributed by atoms with Gasteiger partial charge in [-0.05, 0) is 68.3 Å². The van der Waals surface area contributed by atoms with Crippen molar-refractivity contribution in [3.63, 3.8) is 0 Å². The number of aromatic amines is 1. The fourth-order valence-electron chi connectivity index (χ4n) is 6.14. The summed E-state index contributed by atoms with van der Waals surface area (Å²) in [5.74, 6) is 1.54. The van der Waals surface area contributed by atoms with E-state index >= 15 is 0 Å². The summed E-state index contributed by atoms with van der Waals surface area (Å²) in [6, 6.07) is 9.51. The summed E-state index contributed by atoms with van der Waals surface area (Å²) in [7, 11) is 0. The van der Waals surface area contributed by atoms with E-state index in [1.807, 2.05) is 24.4 Å². The Labute approximate surface area is 178 Å². The lowest BCUT2D eigenvalue weighted by molar-refractivity contribution is -0.122. The van der Waals surface area contributed by atoms with Crippen LogP contribution in [0.5, 0.6) is 0 Å². The number of hydrogen-bond acceptors (Lipinski definition) is 3. The molecule has 2 N–H and O–H groups in total. The van der Waals surface area contributed by atoms with Crippen LogP contribution in [0.4, 0.5) is 0 Å². The first kappa shape index (κ1) is 20.9. The second kappa shape index (κ2) is 9.21. The van der Waals surface area contributed by atoms with Crippen LogP contribution in [-0.2, 0) is 4.79 Å². The molecule has 1 aromatic heterocycles. The average Bonchev–Trinajstić information content (AvgIpc) is 3.24. The Hall–Kier alpha value is -2.34. The zero-order valence-electron chi connectivity index (χ0n) is 17.8. The molecule has 2 bridgehead atoms. The lowest BCUT2D eigenvalue weighted by Gasteiger charge is -2.57. The van der Waals surface area contributed by atoms with Crippen LogP contribution in [0.2, 0.25) is 0 Å². The SMILES string of the molecule is CCC[C@H]1[C@H]2C[C@H](CN(C(=O)c3ccc4[nH]ccc4c3)C2)[C@@H]2CCCCN21.O=CO. The maximum atomic E-state index is 13.3. The van der Waals surface area contributed by atoms with Gasteiger partial charge in [0.05, 0.1) is 0 Å². The van der Waals surface area contributed by atoms with Crippen molar-refractivity contribution in [3.8, 4) is 0 Å². The van der Waals surface area contributed by atoms with Crippen molar-refractivity contribution in [3.05, 3.63) is 36.0 Å². The van der Waals surface area contributed by atoms with Gasteiger partial charge in [0.2, 0.25) is 0 Å². The van der Waals surface area contributed by atoms with Gasteiger partial charge in [-0.25, -0.2) is 0 Å². The summed E-state index contributed by atoms with van der Waals surface area (Å²) in [6.07, 6.45) is 9.84. The fourth-order valence-corrected chi connectivity index (χ4v) is 6.14. The minimum atomic E-state index is -0.250. The van der Waals surface area contributed by atoms with Crippen molar-refractivity contribution in [1.29, 1.82) is 0 Å². The molecule has 6 heteroatoms. The molecule has 4 atom stereocenters. The second-order valence-corrected chi connectivity index (χ2v) is 9.01. The van der Waals surface area contributed by atoms with Gasteiger partial charge in [-0.2, -0.15) is 0 Å². The number of nitrogens with one attached hydrogen (secondary N) is 1. The number of hydrogen-bond donors (Lipinski definition) is 2. The minimum Gasteiger partial charge on any atom is -0.483 e. The van der Waals surface area contributed by atoms with Gasteiger partial charge >= 0.3 is 0 Å². The number of carbonyl (C=O) groups is 2. The number of likely N-dealkylation sites (tertiary alicyclic amines) is 1. The van der Waals surface area contributed by atoms with Gasteiger partial charge in [0.25, 0.3) is 12.4 Å². The van der Waals surface area contributed by atoms with E-state index < -0.39 is 0 Å². The largest absolute Gasteiger partial charge is 0.483 e. The van der Waals surface area contributed by atoms with Crippen molar-refractivity contribution in [2.75, 3.05) is 19.6 Å². The number of nitrogens with zero attached hydrogens (tertiary/aromatic N) is 2. The molecule has 3 aliphatic rings. The quantitative estimate of drug-likeness (QED) is 0.749. The number of benzene rings is 1. The third-order valence-corrected chi connectivity index (χ3v) is 7.29. The van der Waals surface area contributed by atoms with Crippen molar-refractivity contribution < 1.29 is 14.7 Å². The number of piperidine rings is 3. The maximum absolute atomic E-state index is 13.3. The molecule has 0 saturated carbocycles. The summed E-state index contributed by atoms with van der Waals surface area (Å²) >= 11 is 0. The van der Waals surface area contributed by atoms with Gasteiger partial charge in [0, 0.05) is 47.8 Å². The van der Waals surface area contributed by atoms with Crippen molar-refractivity contribution in [2.24, 2.45) is 11.8 Å². The summed E-state index contributed by atoms with van der Waals surface area (Å²) in [6.45, 7) is 5.22. The molecule has 0 unspecified atom stereocenters. The first-order chi connectivity index (χ1) is 14.7. The topological polar surface area (TPSA) is 76.6 Å². The number of amides is 1. The number of carboxylic acid groups (broad SMARTS) is 1. The lowest BCUT2D eigenvalue weighted by Crippen LogP contribution is -2.64. The number of aromatic nitrogens is 1. The van der Waals surface area contributed by atoms with Crippen LogP contribution in [0, 0.1) is 11.8 Å². The van der Waals surface area contributed by atoms with E-state index in [1.165, 1.54) is 45.1 Å². The average molecular weight is 412 g/mol. The number of carbonyl (C=O) groups excluding carboxylic acids is 1. The first-order valence-corrected chi connectivity index (χ1v) is 11.4. The highest BCUT2D eigenvalue weighted by Crippen LogP contribution is 2.42. The Morgan fingerprint density at radius 1 is 1.23 bits per heavy atom. The molecule has 1 amide bonds. The van der Waals surface area contributed by atoms with Crippen LogP contribution >= 0.6 is 0 Å². The Morgan fingerprint density at radius 2 is 2.03 bits per heavy atom. The Kier molecular flexibility index (Phi) is 6.42. The number of fused-ring (bicyclic) bond motifs is 5. The molecule has 0 spiro atoms. The van der Waals surface area contributed by atoms with Gasteiger partial charge in [-0.1, -0.05) is 19.8 Å². The lowest BCUT2D eigenvalue weighted by atomic mass is 9.71. The zero-order chi connectivity index (χ0) is 21.1. The third-order valence-electron chi connectivity index (χ3n) is 7.29. The smallest absolute Gasteiger partial charge is 0.290 e. The van der Waals surface area contributed by atoms with Gasteiger partial charge in [-0.3, -0.25) is 14.5 Å². The molecule has 0 radical (unpaired) electrons. The summed E-state index contributed by atoms with van der Waals surface area (Å²) in [4.78, 5) is 29.9. The van der Waals surface area contributed by atoms with Crippen LogP contribution in [-0.4, -0.2) is 64.0 Å². The number of rotatable bonds is 3. The predicted octanol–water partition coefficient (Wildman–Crippen LogP) is 3.98. The molecule has 3 aliphatic heterocycles. The fraction of sp³-hybridized carbons (Fsp3) is 0.583. The monoisotopic (exact) mass is 411 g/mol. The first-order valence-electron chi connectivity index (χ1n) is 11.4. The molecule has 6 nitrogen and oxygen atoms in total. The molecule has 2 aromatic rings. The minimum absolute atomic E-state index is 0.229. The van der Waals surface area contributed by atoms with Crippen LogP contribution in [0.25, 0.3) is 10.9 Å². The Balaban J connectivity index is 0.000000687. The number of H-pyrrole nitrogens is 1. The predicted molar refractivity (Wildman–Crippen MR) is 118 cm³/mol. The molecule has 162 valence electrons. The van der Waals surface area contributed by atoms with Crippen LogP contribution < -0.4 is 0 Å². The highest BCUT2D eigenvalue weighted by Gasteiger charge is 2.47. The molecular formula is C24H33N3O3. The Morgan fingerprint density at radius 3 is 2.83 bits per heavy atom. The molecule has 0 aliphatic carbocycles. The highest BCUT2D eigenvalue weighted by atomic mass is 16.3. The van der Waals surface area contributed by atoms with Crippen molar-refractivity contribution in [1.82, 2.24) is 14.8 Å². The van der Waals surface area contributed by atoms with E-state index in [9.17, 15) is 4.79 Å². The summed E-state index contributed by atoms with van der Waals surface area (Å²) < 4.78 is 0. The highest BCUT2D eigenvalue weighted by molar-refractivity contribution is 5.98. The van der Waals surface area contributed by atoms with Gasteiger partial charge in [0.15, 0.2) is 0 Å². The summed E-state index contributed by atoms with van der Waals surface area (Å²) in [5, 5.41) is 8.01. The van der Waals surface area contributed by atoms with E-state index in [4.69, 9.17) is 9.90 Å². The van der Waals surface area contributed by atoms with Crippen molar-refractivity contribution in [2.45, 2.75) is 57.5 Å². The standard InChI is InChI=1S/C23H31N3O.CH2O2/c1-2-5-21-18-13-19(22-6-3-4-11-26(21)22)15-25(14-18)23(27)17-7-8-20-16(12-17)9-10-24-20;2-1-3/h7-10,12,18-19,21-22,24H,2-6,11,13-15H2,1H3;1H,(H,2,3)/t18-,19+,21-,22-;/m0./s1. The molecule has 1 aromatic carbocycles. The van der Waals surface area contributed by atoms with E-state index in [0.717, 1.165) is 29.6 Å². The van der Waals surface area contributed by atoms with Gasteiger partial charge in [0.1, 0.15) is 0 Å². The zero-order valence-corrected chi connectivity index (χ0v) is 17.8. The maximum Gasteiger partial charge on any atom is 0.290 e. The van der Waals surface area contributed by atoms with E-state index in [2.05, 4.69) is 27.8 Å². The van der Waals surface area contributed by atoms with Crippen molar-refractivity contribution >= 4 is 23.3 Å². The molecule has 3 saturated heterocycles. The molecule has 3 fully saturated rings. The molecule has 4 heterocycles. The second-order valence-electron chi connectivity index (χ2n) is 9.01. The normalized spacial score (nSPS) is 28.4. The third kappa shape index (κ3) is 3.97. The van der Waals surface area contributed by atoms with Crippen LogP contribution in [0.1, 0.15) is 55.8 Å². The van der Waals surface area contributed by atoms with E-state index in [-0.39, 0.29) is 12.4 Å². The van der Waals surface area contributed by atoms with E-state index in [0.29, 0.717) is 23.9 Å². The van der Waals surface area contributed by atoms with Gasteiger partial charge in [-0.15, -0.1) is 0 Å². The molecule has 5 rings (SSSR count). The van der Waals surface area contributed by atoms with Crippen LogP contribution in [0.15, 0.2) is 30.5 Å².